The summed E-state index contributed by atoms with van der Waals surface area (Å²) in [5.41, 5.74) is 2.79. The van der Waals surface area contributed by atoms with E-state index in [9.17, 15) is 9.59 Å². The van der Waals surface area contributed by atoms with Crippen LogP contribution in [-0.2, 0) is 11.2 Å². The number of methoxy groups -OCH3 is 2. The molecule has 1 aliphatic heterocycles. The van der Waals surface area contributed by atoms with Gasteiger partial charge in [-0.2, -0.15) is 0 Å². The molecule has 2 heterocycles. The Morgan fingerprint density at radius 3 is 2.58 bits per heavy atom. The highest BCUT2D eigenvalue weighted by Gasteiger charge is 2.19. The first-order valence-corrected chi connectivity index (χ1v) is 11.8. The fourth-order valence-electron chi connectivity index (χ4n) is 3.87. The van der Waals surface area contributed by atoms with Crippen LogP contribution in [0.1, 0.15) is 35.3 Å². The monoisotopic (exact) mass is 465 g/mol. The van der Waals surface area contributed by atoms with Crippen LogP contribution < -0.4 is 14.8 Å². The number of carbonyl (C=O) groups is 2. The van der Waals surface area contributed by atoms with Gasteiger partial charge in [0.05, 0.1) is 26.3 Å². The minimum atomic E-state index is -0.179. The number of anilines is 1. The average Bonchev–Trinajstić information content (AvgIpc) is 3.32. The predicted molar refractivity (Wildman–Crippen MR) is 129 cm³/mol. The Morgan fingerprint density at radius 1 is 1.03 bits per heavy atom. The van der Waals surface area contributed by atoms with Crippen molar-refractivity contribution in [2.24, 2.45) is 0 Å². The summed E-state index contributed by atoms with van der Waals surface area (Å²) in [6.45, 7) is 1.59. The standard InChI is InChI=1S/C25H27N3O4S/c1-31-21-10-9-17(14-22(21)32-2)24-27-20(16-33-24)15-23(29)26-19-8-6-7-18(13-19)25(30)28-11-4-3-5-12-28/h6-10,13-14,16H,3-5,11-12,15H2,1-2H3,(H,26,29). The lowest BCUT2D eigenvalue weighted by Crippen LogP contribution is -2.35. The lowest BCUT2D eigenvalue weighted by molar-refractivity contribution is -0.115. The molecule has 1 saturated heterocycles. The Labute approximate surface area is 197 Å². The Kier molecular flexibility index (Phi) is 7.24. The van der Waals surface area contributed by atoms with Crippen molar-refractivity contribution in [2.45, 2.75) is 25.7 Å². The third-order valence-corrected chi connectivity index (χ3v) is 6.50. The number of carbonyl (C=O) groups excluding carboxylic acids is 2. The summed E-state index contributed by atoms with van der Waals surface area (Å²) in [6.07, 6.45) is 3.40. The Morgan fingerprint density at radius 2 is 1.82 bits per heavy atom. The van der Waals surface area contributed by atoms with Crippen molar-refractivity contribution in [3.63, 3.8) is 0 Å². The first-order chi connectivity index (χ1) is 16.1. The SMILES string of the molecule is COc1ccc(-c2nc(CC(=O)Nc3cccc(C(=O)N4CCCCC4)c3)cs2)cc1OC. The maximum atomic E-state index is 12.7. The molecule has 0 atom stereocenters. The lowest BCUT2D eigenvalue weighted by Gasteiger charge is -2.26. The van der Waals surface area contributed by atoms with Gasteiger partial charge in [-0.1, -0.05) is 6.07 Å². The fraction of sp³-hybridized carbons (Fsp3) is 0.320. The molecule has 172 valence electrons. The summed E-state index contributed by atoms with van der Waals surface area (Å²) in [7, 11) is 3.19. The van der Waals surface area contributed by atoms with Crippen molar-refractivity contribution in [3.05, 3.63) is 59.1 Å². The maximum Gasteiger partial charge on any atom is 0.253 e. The Hall–Kier alpha value is -3.39. The zero-order valence-electron chi connectivity index (χ0n) is 18.8. The largest absolute Gasteiger partial charge is 0.493 e. The predicted octanol–water partition coefficient (Wildman–Crippen LogP) is 4.63. The van der Waals surface area contributed by atoms with E-state index in [2.05, 4.69) is 10.3 Å². The molecule has 2 amide bonds. The van der Waals surface area contributed by atoms with Gasteiger partial charge < -0.3 is 19.7 Å². The molecule has 1 fully saturated rings. The molecule has 0 radical (unpaired) electrons. The molecule has 1 aromatic heterocycles. The number of hydrogen-bond acceptors (Lipinski definition) is 6. The van der Waals surface area contributed by atoms with Gasteiger partial charge in [0.2, 0.25) is 5.91 Å². The molecular weight excluding hydrogens is 438 g/mol. The highest BCUT2D eigenvalue weighted by molar-refractivity contribution is 7.13. The van der Waals surface area contributed by atoms with Crippen LogP contribution in [0.5, 0.6) is 11.5 Å². The van der Waals surface area contributed by atoms with Crippen molar-refractivity contribution in [1.29, 1.82) is 0 Å². The van der Waals surface area contributed by atoms with Gasteiger partial charge in [0.15, 0.2) is 11.5 Å². The quantitative estimate of drug-likeness (QED) is 0.550. The van der Waals surface area contributed by atoms with Crippen molar-refractivity contribution in [2.75, 3.05) is 32.6 Å². The van der Waals surface area contributed by atoms with Crippen LogP contribution in [0.4, 0.5) is 5.69 Å². The van der Waals surface area contributed by atoms with Crippen molar-refractivity contribution in [1.82, 2.24) is 9.88 Å². The highest BCUT2D eigenvalue weighted by Crippen LogP contribution is 2.33. The number of hydrogen-bond donors (Lipinski definition) is 1. The molecule has 0 saturated carbocycles. The lowest BCUT2D eigenvalue weighted by atomic mass is 10.1. The van der Waals surface area contributed by atoms with E-state index in [1.807, 2.05) is 28.5 Å². The van der Waals surface area contributed by atoms with Crippen LogP contribution in [0.2, 0.25) is 0 Å². The number of likely N-dealkylation sites (tertiary alicyclic amines) is 1. The van der Waals surface area contributed by atoms with Crippen molar-refractivity contribution < 1.29 is 19.1 Å². The van der Waals surface area contributed by atoms with Gasteiger partial charge in [0.1, 0.15) is 5.01 Å². The third-order valence-electron chi connectivity index (χ3n) is 5.56. The van der Waals surface area contributed by atoms with Crippen LogP contribution in [0.15, 0.2) is 47.8 Å². The minimum Gasteiger partial charge on any atom is -0.493 e. The Bertz CT molecular complexity index is 1140. The molecule has 0 unspecified atom stereocenters. The number of ether oxygens (including phenoxy) is 2. The second-order valence-electron chi connectivity index (χ2n) is 7.87. The van der Waals surface area contributed by atoms with Crippen LogP contribution in [-0.4, -0.2) is 49.0 Å². The molecule has 3 aromatic rings. The number of benzene rings is 2. The van der Waals surface area contributed by atoms with E-state index in [1.165, 1.54) is 17.8 Å². The highest BCUT2D eigenvalue weighted by atomic mass is 32.1. The van der Waals surface area contributed by atoms with Gasteiger partial charge in [-0.15, -0.1) is 11.3 Å². The fourth-order valence-corrected chi connectivity index (χ4v) is 4.69. The molecule has 0 aliphatic carbocycles. The van der Waals surface area contributed by atoms with Gasteiger partial charge >= 0.3 is 0 Å². The number of thiazole rings is 1. The summed E-state index contributed by atoms with van der Waals surface area (Å²) in [6, 6.07) is 12.7. The van der Waals surface area contributed by atoms with E-state index in [1.54, 1.807) is 38.5 Å². The maximum absolute atomic E-state index is 12.7. The van der Waals surface area contributed by atoms with Gasteiger partial charge in [-0.05, 0) is 55.7 Å². The average molecular weight is 466 g/mol. The van der Waals surface area contributed by atoms with Crippen LogP contribution >= 0.6 is 11.3 Å². The Balaban J connectivity index is 1.40. The summed E-state index contributed by atoms with van der Waals surface area (Å²) >= 11 is 1.47. The van der Waals surface area contributed by atoms with Crippen molar-refractivity contribution in [3.8, 4) is 22.1 Å². The molecule has 8 heteroatoms. The van der Waals surface area contributed by atoms with Crippen molar-refractivity contribution >= 4 is 28.8 Å². The summed E-state index contributed by atoms with van der Waals surface area (Å²) < 4.78 is 10.6. The third kappa shape index (κ3) is 5.51. The number of aromatic nitrogens is 1. The van der Waals surface area contributed by atoms with Crippen LogP contribution in [0, 0.1) is 0 Å². The second-order valence-corrected chi connectivity index (χ2v) is 8.73. The van der Waals surface area contributed by atoms with Gasteiger partial charge in [-0.3, -0.25) is 9.59 Å². The van der Waals surface area contributed by atoms with Gasteiger partial charge in [-0.25, -0.2) is 4.98 Å². The van der Waals surface area contributed by atoms with E-state index in [-0.39, 0.29) is 18.2 Å². The first kappa shape index (κ1) is 22.8. The van der Waals surface area contributed by atoms with Crippen LogP contribution in [0.25, 0.3) is 10.6 Å². The molecule has 0 spiro atoms. The molecule has 2 aromatic carbocycles. The number of amides is 2. The smallest absolute Gasteiger partial charge is 0.253 e. The van der Waals surface area contributed by atoms with E-state index < -0.39 is 0 Å². The molecule has 0 bridgehead atoms. The molecule has 1 aliphatic rings. The zero-order chi connectivity index (χ0) is 23.2. The van der Waals surface area contributed by atoms with Crippen LogP contribution in [0.3, 0.4) is 0 Å². The summed E-state index contributed by atoms with van der Waals surface area (Å²) in [5.74, 6) is 1.12. The number of piperidine rings is 1. The number of rotatable bonds is 7. The number of nitrogens with one attached hydrogen (secondary N) is 1. The van der Waals surface area contributed by atoms with Gasteiger partial charge in [0.25, 0.3) is 5.91 Å². The molecular formula is C25H27N3O4S. The zero-order valence-corrected chi connectivity index (χ0v) is 19.6. The second kappa shape index (κ2) is 10.5. The van der Waals surface area contributed by atoms with Gasteiger partial charge in [0, 0.05) is 35.3 Å². The van der Waals surface area contributed by atoms with E-state index in [4.69, 9.17) is 9.47 Å². The molecule has 33 heavy (non-hydrogen) atoms. The first-order valence-electron chi connectivity index (χ1n) is 10.9. The minimum absolute atomic E-state index is 0.0184. The molecule has 7 nitrogen and oxygen atoms in total. The van der Waals surface area contributed by atoms with E-state index >= 15 is 0 Å². The van der Waals surface area contributed by atoms with E-state index in [0.29, 0.717) is 28.4 Å². The topological polar surface area (TPSA) is 80.8 Å². The van der Waals surface area contributed by atoms with E-state index in [0.717, 1.165) is 36.5 Å². The summed E-state index contributed by atoms with van der Waals surface area (Å²) in [5, 5.41) is 5.57. The summed E-state index contributed by atoms with van der Waals surface area (Å²) in [4.78, 5) is 31.8. The molecule has 1 N–H and O–H groups in total. The number of nitrogens with zero attached hydrogens (tertiary/aromatic N) is 2. The normalized spacial score (nSPS) is 13.5. The molecule has 4 rings (SSSR count).